The number of methoxy groups -OCH3 is 1. The van der Waals surface area contributed by atoms with Gasteiger partial charge in [-0.2, -0.15) is 0 Å². The minimum absolute atomic E-state index is 0.135. The third kappa shape index (κ3) is 4.93. The number of nitrogens with zero attached hydrogens (tertiary/aromatic N) is 1. The molecule has 3 N–H and O–H groups in total. The SMILES string of the molecule is COc1ccc(NC(C)=O)cc1NC(=O)C[C@H]1NC(=O)N(Cc2ccccc2)C1=O. The Morgan fingerprint density at radius 3 is 2.50 bits per heavy atom. The van der Waals surface area contributed by atoms with Crippen LogP contribution in [0.25, 0.3) is 0 Å². The maximum absolute atomic E-state index is 12.6. The lowest BCUT2D eigenvalue weighted by Crippen LogP contribution is -2.34. The van der Waals surface area contributed by atoms with Crippen LogP contribution in [0, 0.1) is 0 Å². The standard InChI is InChI=1S/C21H22N4O5/c1-13(26)22-15-8-9-18(30-2)16(10-15)23-19(27)11-17-20(28)25(21(29)24-17)12-14-6-4-3-5-7-14/h3-10,17H,11-12H2,1-2H3,(H,22,26)(H,23,27)(H,24,29)/t17-/m1/s1. The monoisotopic (exact) mass is 410 g/mol. The Kier molecular flexibility index (Phi) is 6.31. The summed E-state index contributed by atoms with van der Waals surface area (Å²) in [4.78, 5) is 49.6. The Morgan fingerprint density at radius 2 is 1.83 bits per heavy atom. The fourth-order valence-corrected chi connectivity index (χ4v) is 3.10. The van der Waals surface area contributed by atoms with Crippen molar-refractivity contribution in [3.05, 3.63) is 54.1 Å². The summed E-state index contributed by atoms with van der Waals surface area (Å²) in [6.07, 6.45) is -0.233. The first-order valence-electron chi connectivity index (χ1n) is 9.28. The van der Waals surface area contributed by atoms with Gasteiger partial charge < -0.3 is 20.7 Å². The van der Waals surface area contributed by atoms with Gasteiger partial charge in [0.2, 0.25) is 11.8 Å². The van der Waals surface area contributed by atoms with Crippen LogP contribution >= 0.6 is 0 Å². The molecule has 0 aromatic heterocycles. The van der Waals surface area contributed by atoms with Crippen LogP contribution in [0.1, 0.15) is 18.9 Å². The molecule has 1 atom stereocenters. The van der Waals surface area contributed by atoms with Crippen LogP contribution in [-0.2, 0) is 20.9 Å². The Labute approximate surface area is 173 Å². The highest BCUT2D eigenvalue weighted by Crippen LogP contribution is 2.28. The molecule has 0 unspecified atom stereocenters. The molecule has 0 spiro atoms. The van der Waals surface area contributed by atoms with Crippen molar-refractivity contribution in [1.82, 2.24) is 10.2 Å². The Morgan fingerprint density at radius 1 is 1.10 bits per heavy atom. The van der Waals surface area contributed by atoms with Gasteiger partial charge in [-0.1, -0.05) is 30.3 Å². The molecule has 1 saturated heterocycles. The van der Waals surface area contributed by atoms with E-state index in [4.69, 9.17) is 4.74 Å². The second-order valence-electron chi connectivity index (χ2n) is 6.76. The van der Waals surface area contributed by atoms with Crippen LogP contribution in [0.15, 0.2) is 48.5 Å². The van der Waals surface area contributed by atoms with Crippen molar-refractivity contribution in [1.29, 1.82) is 0 Å². The zero-order valence-electron chi connectivity index (χ0n) is 16.6. The number of ether oxygens (including phenoxy) is 1. The highest BCUT2D eigenvalue weighted by atomic mass is 16.5. The highest BCUT2D eigenvalue weighted by Gasteiger charge is 2.39. The van der Waals surface area contributed by atoms with Crippen molar-refractivity contribution < 1.29 is 23.9 Å². The van der Waals surface area contributed by atoms with Gasteiger partial charge in [-0.15, -0.1) is 0 Å². The van der Waals surface area contributed by atoms with Crippen LogP contribution in [0.2, 0.25) is 0 Å². The molecule has 0 saturated carbocycles. The molecule has 9 nitrogen and oxygen atoms in total. The van der Waals surface area contributed by atoms with Gasteiger partial charge in [0.1, 0.15) is 11.8 Å². The van der Waals surface area contributed by atoms with Gasteiger partial charge in [0.05, 0.1) is 25.8 Å². The number of urea groups is 1. The summed E-state index contributed by atoms with van der Waals surface area (Å²) in [6.45, 7) is 1.51. The molecule has 1 fully saturated rings. The molecule has 0 radical (unpaired) electrons. The van der Waals surface area contributed by atoms with Gasteiger partial charge in [-0.3, -0.25) is 19.3 Å². The fraction of sp³-hybridized carbons (Fsp3) is 0.238. The number of anilines is 2. The molecule has 2 aromatic rings. The lowest BCUT2D eigenvalue weighted by atomic mass is 10.1. The van der Waals surface area contributed by atoms with E-state index in [1.165, 1.54) is 14.0 Å². The maximum atomic E-state index is 12.6. The first kappa shape index (κ1) is 20.8. The second kappa shape index (κ2) is 9.08. The van der Waals surface area contributed by atoms with E-state index in [0.717, 1.165) is 10.5 Å². The lowest BCUT2D eigenvalue weighted by molar-refractivity contribution is -0.130. The van der Waals surface area contributed by atoms with Gasteiger partial charge in [-0.25, -0.2) is 4.79 Å². The van der Waals surface area contributed by atoms with Crippen molar-refractivity contribution in [3.8, 4) is 5.75 Å². The molecule has 9 heteroatoms. The third-order valence-corrected chi connectivity index (χ3v) is 4.47. The zero-order valence-corrected chi connectivity index (χ0v) is 16.6. The number of hydrogen-bond donors (Lipinski definition) is 3. The summed E-state index contributed by atoms with van der Waals surface area (Å²) in [5.41, 5.74) is 1.63. The smallest absolute Gasteiger partial charge is 0.325 e. The van der Waals surface area contributed by atoms with Crippen LogP contribution in [-0.4, -0.2) is 41.8 Å². The number of rotatable bonds is 7. The van der Waals surface area contributed by atoms with Crippen molar-refractivity contribution in [2.24, 2.45) is 0 Å². The third-order valence-electron chi connectivity index (χ3n) is 4.47. The molecule has 0 aliphatic carbocycles. The zero-order chi connectivity index (χ0) is 21.7. The van der Waals surface area contributed by atoms with Crippen molar-refractivity contribution >= 4 is 35.1 Å². The first-order chi connectivity index (χ1) is 14.4. The number of amides is 5. The summed E-state index contributed by atoms with van der Waals surface area (Å²) >= 11 is 0. The first-order valence-corrected chi connectivity index (χ1v) is 9.28. The van der Waals surface area contributed by atoms with E-state index in [9.17, 15) is 19.2 Å². The van der Waals surface area contributed by atoms with Gasteiger partial charge in [0.25, 0.3) is 5.91 Å². The molecule has 1 aliphatic heterocycles. The Hall–Kier alpha value is -3.88. The largest absolute Gasteiger partial charge is 0.495 e. The molecule has 0 bridgehead atoms. The summed E-state index contributed by atoms with van der Waals surface area (Å²) in [5, 5.41) is 7.83. The van der Waals surface area contributed by atoms with Crippen molar-refractivity contribution in [2.45, 2.75) is 25.9 Å². The number of carbonyl (C=O) groups is 4. The van der Waals surface area contributed by atoms with Crippen molar-refractivity contribution in [2.75, 3.05) is 17.7 Å². The van der Waals surface area contributed by atoms with E-state index in [1.807, 2.05) is 30.3 Å². The lowest BCUT2D eigenvalue weighted by Gasteiger charge is -2.14. The highest BCUT2D eigenvalue weighted by molar-refractivity contribution is 6.07. The number of benzene rings is 2. The van der Waals surface area contributed by atoms with Crippen LogP contribution in [0.4, 0.5) is 16.2 Å². The van der Waals surface area contributed by atoms with E-state index in [0.29, 0.717) is 17.1 Å². The molecule has 2 aromatic carbocycles. The number of nitrogens with one attached hydrogen (secondary N) is 3. The molecule has 5 amide bonds. The van der Waals surface area contributed by atoms with E-state index in [2.05, 4.69) is 16.0 Å². The van der Waals surface area contributed by atoms with E-state index in [1.54, 1.807) is 18.2 Å². The quantitative estimate of drug-likeness (QED) is 0.605. The van der Waals surface area contributed by atoms with Gasteiger partial charge in [0, 0.05) is 12.6 Å². The van der Waals surface area contributed by atoms with Gasteiger partial charge in [0.15, 0.2) is 0 Å². The predicted molar refractivity (Wildman–Crippen MR) is 110 cm³/mol. The van der Waals surface area contributed by atoms with Crippen molar-refractivity contribution in [3.63, 3.8) is 0 Å². The van der Waals surface area contributed by atoms with E-state index in [-0.39, 0.29) is 18.9 Å². The molecule has 1 heterocycles. The summed E-state index contributed by atoms with van der Waals surface area (Å²) in [7, 11) is 1.45. The average Bonchev–Trinajstić information content (AvgIpc) is 2.96. The number of hydrogen-bond acceptors (Lipinski definition) is 5. The summed E-state index contributed by atoms with van der Waals surface area (Å²) < 4.78 is 5.23. The number of carbonyl (C=O) groups excluding carboxylic acids is 4. The second-order valence-corrected chi connectivity index (χ2v) is 6.76. The van der Waals surface area contributed by atoms with Crippen LogP contribution in [0.5, 0.6) is 5.75 Å². The molecule has 156 valence electrons. The molecular weight excluding hydrogens is 388 g/mol. The van der Waals surface area contributed by atoms with Crippen LogP contribution in [0.3, 0.4) is 0 Å². The van der Waals surface area contributed by atoms with Crippen LogP contribution < -0.4 is 20.7 Å². The van der Waals surface area contributed by atoms with E-state index >= 15 is 0 Å². The maximum Gasteiger partial charge on any atom is 0.325 e. The normalized spacial score (nSPS) is 15.5. The molecular formula is C21H22N4O5. The molecule has 30 heavy (non-hydrogen) atoms. The Bertz CT molecular complexity index is 977. The van der Waals surface area contributed by atoms with Gasteiger partial charge in [-0.05, 0) is 23.8 Å². The van der Waals surface area contributed by atoms with E-state index < -0.39 is 23.9 Å². The minimum Gasteiger partial charge on any atom is -0.495 e. The summed E-state index contributed by atoms with van der Waals surface area (Å²) in [5.74, 6) is -0.799. The Balaban J connectivity index is 1.65. The topological polar surface area (TPSA) is 117 Å². The molecule has 3 rings (SSSR count). The predicted octanol–water partition coefficient (Wildman–Crippen LogP) is 2.10. The van der Waals surface area contributed by atoms with Gasteiger partial charge >= 0.3 is 6.03 Å². The number of imide groups is 1. The average molecular weight is 410 g/mol. The summed E-state index contributed by atoms with van der Waals surface area (Å²) in [6, 6.07) is 12.4. The molecule has 1 aliphatic rings. The fourth-order valence-electron chi connectivity index (χ4n) is 3.10. The minimum atomic E-state index is -0.953.